The summed E-state index contributed by atoms with van der Waals surface area (Å²) in [4.78, 5) is 21.6. The predicted molar refractivity (Wildman–Crippen MR) is 94.8 cm³/mol. The number of nitrogens with one attached hydrogen (secondary N) is 2. The van der Waals surface area contributed by atoms with E-state index in [0.29, 0.717) is 23.6 Å². The zero-order chi connectivity index (χ0) is 17.2. The summed E-state index contributed by atoms with van der Waals surface area (Å²) >= 11 is 5.77. The van der Waals surface area contributed by atoms with Crippen molar-refractivity contribution in [3.05, 3.63) is 29.0 Å². The molecule has 0 fully saturated rings. The Bertz CT molecular complexity index is 514. The summed E-state index contributed by atoms with van der Waals surface area (Å²) in [5.41, 5.74) is 1.09. The third-order valence-electron chi connectivity index (χ3n) is 3.04. The Labute approximate surface area is 143 Å². The van der Waals surface area contributed by atoms with Crippen LogP contribution in [-0.2, 0) is 11.2 Å². The lowest BCUT2D eigenvalue weighted by atomic mass is 10.2. The van der Waals surface area contributed by atoms with Crippen molar-refractivity contribution in [2.24, 2.45) is 10.9 Å². The molecule has 0 aliphatic rings. The molecule has 128 valence electrons. The number of amides is 1. The van der Waals surface area contributed by atoms with Gasteiger partial charge in [-0.3, -0.25) is 4.79 Å². The van der Waals surface area contributed by atoms with Crippen LogP contribution >= 0.6 is 11.6 Å². The van der Waals surface area contributed by atoms with Gasteiger partial charge in [-0.2, -0.15) is 0 Å². The maximum atomic E-state index is 11.7. The lowest BCUT2D eigenvalue weighted by Gasteiger charge is -2.15. The summed E-state index contributed by atoms with van der Waals surface area (Å²) in [6, 6.07) is 3.73. The molecule has 1 aromatic heterocycles. The third-order valence-corrected chi connectivity index (χ3v) is 3.27. The molecule has 0 spiro atoms. The second kappa shape index (κ2) is 10.0. The minimum atomic E-state index is -0.0300. The number of hydrogen-bond donors (Lipinski definition) is 2. The Morgan fingerprint density at radius 2 is 2.09 bits per heavy atom. The molecular weight excluding hydrogens is 314 g/mol. The Morgan fingerprint density at radius 1 is 1.35 bits per heavy atom. The molecule has 1 heterocycles. The van der Waals surface area contributed by atoms with Crippen molar-refractivity contribution in [2.45, 2.75) is 20.3 Å². The van der Waals surface area contributed by atoms with E-state index < -0.39 is 0 Å². The lowest BCUT2D eigenvalue weighted by Crippen LogP contribution is -2.41. The van der Waals surface area contributed by atoms with E-state index in [1.165, 1.54) is 4.90 Å². The van der Waals surface area contributed by atoms with Gasteiger partial charge in [0.15, 0.2) is 5.96 Å². The summed E-state index contributed by atoms with van der Waals surface area (Å²) in [5.74, 6) is 1.11. The maximum Gasteiger partial charge on any atom is 0.243 e. The van der Waals surface area contributed by atoms with E-state index in [4.69, 9.17) is 11.6 Å². The molecule has 7 heteroatoms. The number of nitrogens with zero attached hydrogens (tertiary/aromatic N) is 3. The molecule has 0 aliphatic carbocycles. The van der Waals surface area contributed by atoms with Gasteiger partial charge in [0, 0.05) is 33.4 Å². The van der Waals surface area contributed by atoms with Crippen LogP contribution in [0.4, 0.5) is 0 Å². The van der Waals surface area contributed by atoms with Gasteiger partial charge < -0.3 is 15.5 Å². The number of guanidine groups is 1. The van der Waals surface area contributed by atoms with E-state index in [9.17, 15) is 4.79 Å². The standard InChI is InChI=1S/C16H26ClN5O/c1-12(2)9-20-16(21-11-15(23)22(3)4)18-8-7-13-5-6-14(17)19-10-13/h5-6,10,12H,7-9,11H2,1-4H3,(H2,18,20,21). The zero-order valence-electron chi connectivity index (χ0n) is 14.3. The molecule has 0 aromatic carbocycles. The van der Waals surface area contributed by atoms with E-state index in [0.717, 1.165) is 18.5 Å². The smallest absolute Gasteiger partial charge is 0.243 e. The summed E-state index contributed by atoms with van der Waals surface area (Å²) < 4.78 is 0. The lowest BCUT2D eigenvalue weighted by molar-refractivity contribution is -0.127. The fourth-order valence-electron chi connectivity index (χ4n) is 1.64. The summed E-state index contributed by atoms with van der Waals surface area (Å²) in [5, 5.41) is 6.97. The van der Waals surface area contributed by atoms with Crippen LogP contribution in [0, 0.1) is 5.92 Å². The Balaban J connectivity index is 2.52. The molecule has 1 amide bonds. The second-order valence-electron chi connectivity index (χ2n) is 5.89. The second-order valence-corrected chi connectivity index (χ2v) is 6.28. The quantitative estimate of drug-likeness (QED) is 0.449. The number of carbonyl (C=O) groups excluding carboxylic acids is 1. The molecule has 0 aliphatic heterocycles. The molecule has 23 heavy (non-hydrogen) atoms. The van der Waals surface area contributed by atoms with E-state index in [1.54, 1.807) is 26.4 Å². The molecular formula is C16H26ClN5O. The average Bonchev–Trinajstić information content (AvgIpc) is 2.50. The van der Waals surface area contributed by atoms with Gasteiger partial charge in [0.2, 0.25) is 5.91 Å². The minimum absolute atomic E-state index is 0.0300. The Hall–Kier alpha value is -1.82. The molecule has 0 bridgehead atoms. The minimum Gasteiger partial charge on any atom is -0.356 e. The number of carbonyl (C=O) groups is 1. The molecule has 6 nitrogen and oxygen atoms in total. The summed E-state index contributed by atoms with van der Waals surface area (Å²) in [6.45, 7) is 5.86. The summed E-state index contributed by atoms with van der Waals surface area (Å²) in [7, 11) is 3.44. The number of likely N-dealkylation sites (N-methyl/N-ethyl adjacent to an activating group) is 1. The highest BCUT2D eigenvalue weighted by Crippen LogP contribution is 2.05. The van der Waals surface area contributed by atoms with Gasteiger partial charge in [0.05, 0.1) is 0 Å². The van der Waals surface area contributed by atoms with E-state index in [-0.39, 0.29) is 12.5 Å². The SMILES string of the molecule is CC(C)CNC(=NCC(=O)N(C)C)NCCc1ccc(Cl)nc1. The molecule has 2 N–H and O–H groups in total. The number of rotatable bonds is 7. The normalized spacial score (nSPS) is 11.5. The Kier molecular flexibility index (Phi) is 8.40. The van der Waals surface area contributed by atoms with Crippen LogP contribution in [0.15, 0.2) is 23.3 Å². The van der Waals surface area contributed by atoms with Crippen molar-refractivity contribution in [3.8, 4) is 0 Å². The van der Waals surface area contributed by atoms with Gasteiger partial charge in [-0.25, -0.2) is 9.98 Å². The van der Waals surface area contributed by atoms with E-state index in [1.807, 2.05) is 6.07 Å². The molecule has 0 radical (unpaired) electrons. The zero-order valence-corrected chi connectivity index (χ0v) is 15.0. The first-order chi connectivity index (χ1) is 10.9. The van der Waals surface area contributed by atoms with Crippen LogP contribution in [0.5, 0.6) is 0 Å². The van der Waals surface area contributed by atoms with Crippen molar-refractivity contribution in [1.82, 2.24) is 20.5 Å². The Morgan fingerprint density at radius 3 is 2.65 bits per heavy atom. The highest BCUT2D eigenvalue weighted by atomic mass is 35.5. The van der Waals surface area contributed by atoms with Gasteiger partial charge in [-0.15, -0.1) is 0 Å². The van der Waals surface area contributed by atoms with Crippen LogP contribution in [0.1, 0.15) is 19.4 Å². The average molecular weight is 340 g/mol. The summed E-state index contributed by atoms with van der Waals surface area (Å²) in [6.07, 6.45) is 2.56. The molecule has 1 rings (SSSR count). The maximum absolute atomic E-state index is 11.7. The van der Waals surface area contributed by atoms with Crippen molar-refractivity contribution < 1.29 is 4.79 Å². The first-order valence-electron chi connectivity index (χ1n) is 7.71. The molecule has 0 saturated heterocycles. The third kappa shape index (κ3) is 8.40. The number of aliphatic imine (C=N–C) groups is 1. The van der Waals surface area contributed by atoms with Crippen LogP contribution in [0.2, 0.25) is 5.15 Å². The number of pyridine rings is 1. The van der Waals surface area contributed by atoms with Crippen LogP contribution in [-0.4, -0.2) is 55.5 Å². The van der Waals surface area contributed by atoms with Gasteiger partial charge in [-0.05, 0) is 24.0 Å². The van der Waals surface area contributed by atoms with Gasteiger partial charge >= 0.3 is 0 Å². The van der Waals surface area contributed by atoms with Crippen molar-refractivity contribution >= 4 is 23.5 Å². The van der Waals surface area contributed by atoms with Crippen molar-refractivity contribution in [2.75, 3.05) is 33.7 Å². The van der Waals surface area contributed by atoms with Gasteiger partial charge in [-0.1, -0.05) is 31.5 Å². The van der Waals surface area contributed by atoms with Crippen molar-refractivity contribution in [1.29, 1.82) is 0 Å². The van der Waals surface area contributed by atoms with E-state index >= 15 is 0 Å². The first-order valence-corrected chi connectivity index (χ1v) is 8.09. The van der Waals surface area contributed by atoms with Crippen LogP contribution in [0.3, 0.4) is 0 Å². The highest BCUT2D eigenvalue weighted by Gasteiger charge is 2.05. The number of hydrogen-bond acceptors (Lipinski definition) is 3. The fraction of sp³-hybridized carbons (Fsp3) is 0.562. The molecule has 1 aromatic rings. The van der Waals surface area contributed by atoms with Gasteiger partial charge in [0.1, 0.15) is 11.7 Å². The molecule has 0 unspecified atom stereocenters. The first kappa shape index (κ1) is 19.2. The topological polar surface area (TPSA) is 69.6 Å². The van der Waals surface area contributed by atoms with Crippen molar-refractivity contribution in [3.63, 3.8) is 0 Å². The number of aromatic nitrogens is 1. The number of halogens is 1. The van der Waals surface area contributed by atoms with Gasteiger partial charge in [0.25, 0.3) is 0 Å². The predicted octanol–water partition coefficient (Wildman–Crippen LogP) is 1.56. The highest BCUT2D eigenvalue weighted by molar-refractivity contribution is 6.29. The van der Waals surface area contributed by atoms with E-state index in [2.05, 4.69) is 34.5 Å². The van der Waals surface area contributed by atoms with Crippen LogP contribution < -0.4 is 10.6 Å². The molecule has 0 atom stereocenters. The fourth-order valence-corrected chi connectivity index (χ4v) is 1.75. The largest absolute Gasteiger partial charge is 0.356 e. The molecule has 0 saturated carbocycles. The van der Waals surface area contributed by atoms with Crippen LogP contribution in [0.25, 0.3) is 0 Å². The monoisotopic (exact) mass is 339 g/mol.